The van der Waals surface area contributed by atoms with E-state index >= 15 is 4.79 Å². The van der Waals surface area contributed by atoms with E-state index in [1.807, 2.05) is 77.4 Å². The molecule has 2 aliphatic rings. The molecule has 2 amide bonds. The lowest BCUT2D eigenvalue weighted by Crippen LogP contribution is -2.60. The van der Waals surface area contributed by atoms with Crippen molar-refractivity contribution in [1.82, 2.24) is 19.7 Å². The minimum atomic E-state index is -0.994. The summed E-state index contributed by atoms with van der Waals surface area (Å²) in [5.74, 6) is 1.62. The number of pyridine rings is 1. The van der Waals surface area contributed by atoms with E-state index in [4.69, 9.17) is 37.9 Å². The first-order valence-electron chi connectivity index (χ1n) is 16.6. The van der Waals surface area contributed by atoms with Crippen LogP contribution in [0.25, 0.3) is 0 Å². The van der Waals surface area contributed by atoms with Gasteiger partial charge in [0.25, 0.3) is 0 Å². The molecule has 3 atom stereocenters. The van der Waals surface area contributed by atoms with Crippen molar-refractivity contribution >= 4 is 45.9 Å². The first kappa shape index (κ1) is 36.3. The van der Waals surface area contributed by atoms with Gasteiger partial charge < -0.3 is 9.64 Å². The highest BCUT2D eigenvalue weighted by atomic mass is 35.5. The zero-order valence-corrected chi connectivity index (χ0v) is 31.4. The van der Waals surface area contributed by atoms with E-state index in [-0.39, 0.29) is 11.4 Å². The molecule has 3 heterocycles. The van der Waals surface area contributed by atoms with Crippen LogP contribution in [0.15, 0.2) is 65.7 Å². The number of carbonyl (C=O) groups is 1. The molecule has 1 aromatic heterocycles. The van der Waals surface area contributed by atoms with E-state index in [0.29, 0.717) is 52.8 Å². The van der Waals surface area contributed by atoms with E-state index < -0.39 is 21.9 Å². The summed E-state index contributed by atoms with van der Waals surface area (Å²) in [4.78, 5) is 31.7. The summed E-state index contributed by atoms with van der Waals surface area (Å²) in [6.07, 6.45) is 2.61. The van der Waals surface area contributed by atoms with E-state index in [2.05, 4.69) is 39.5 Å². The van der Waals surface area contributed by atoms with E-state index in [0.717, 1.165) is 42.9 Å². The summed E-state index contributed by atoms with van der Waals surface area (Å²) in [6.45, 7) is 16.3. The minimum absolute atomic E-state index is 0.138. The summed E-state index contributed by atoms with van der Waals surface area (Å²) >= 11 is 12.8. The second kappa shape index (κ2) is 14.5. The van der Waals surface area contributed by atoms with Crippen LogP contribution in [-0.4, -0.2) is 87.1 Å². The van der Waals surface area contributed by atoms with Crippen LogP contribution in [0.2, 0.25) is 10.0 Å². The molecule has 0 N–H and O–H groups in total. The summed E-state index contributed by atoms with van der Waals surface area (Å²) in [5, 5.41) is 1.23. The quantitative estimate of drug-likeness (QED) is 0.230. The van der Waals surface area contributed by atoms with E-state index in [1.54, 1.807) is 6.26 Å². The fraction of sp³-hybridized carbons (Fsp3) is 0.486. The number of ether oxygens (including phenoxy) is 1. The molecule has 3 aromatic rings. The van der Waals surface area contributed by atoms with Gasteiger partial charge in [-0.1, -0.05) is 68.2 Å². The molecular formula is C37H47Cl2N5O3S. The predicted molar refractivity (Wildman–Crippen MR) is 197 cm³/mol. The van der Waals surface area contributed by atoms with Gasteiger partial charge in [0.15, 0.2) is 0 Å². The average molecular weight is 713 g/mol. The Morgan fingerprint density at radius 3 is 2.04 bits per heavy atom. The number of amides is 2. The molecule has 8 nitrogen and oxygen atoms in total. The van der Waals surface area contributed by atoms with Gasteiger partial charge in [0.05, 0.1) is 12.2 Å². The first-order valence-corrected chi connectivity index (χ1v) is 19.1. The zero-order valence-electron chi connectivity index (χ0n) is 29.1. The van der Waals surface area contributed by atoms with Crippen LogP contribution < -0.4 is 4.74 Å². The third-order valence-corrected chi connectivity index (χ3v) is 11.0. The van der Waals surface area contributed by atoms with Gasteiger partial charge >= 0.3 is 6.03 Å². The number of urea groups is 1. The summed E-state index contributed by atoms with van der Waals surface area (Å²) in [7, 11) is -0.814. The molecule has 0 radical (unpaired) electrons. The van der Waals surface area contributed by atoms with Gasteiger partial charge in [-0.15, -0.1) is 0 Å². The van der Waals surface area contributed by atoms with Gasteiger partial charge in [0.2, 0.25) is 5.88 Å². The van der Waals surface area contributed by atoms with Gasteiger partial charge in [-0.25, -0.2) is 9.78 Å². The number of nitrogens with zero attached hydrogens (tertiary/aromatic N) is 5. The van der Waals surface area contributed by atoms with Crippen LogP contribution in [-0.2, 0) is 27.3 Å². The lowest BCUT2D eigenvalue weighted by Gasteiger charge is -2.47. The fourth-order valence-corrected chi connectivity index (χ4v) is 7.43. The molecule has 5 rings (SSSR count). The summed E-state index contributed by atoms with van der Waals surface area (Å²) < 4.78 is 17.8. The standard InChI is InChI=1S/C37H47Cl2N5O3S/c1-8-47-33-30(18-19-31(40-33)35(2,3)4)32-41-36(5,26-10-14-28(38)15-11-26)37(6,27-12-16-29(39)17-13-27)44(32)34(45)43-23-21-42(22-24-43)20-9-25-48(7)46/h10-19H,8-9,20-25H2,1-7H3/t36-,37+,48?/m0/s1. The molecule has 11 heteroatoms. The molecule has 0 saturated carbocycles. The van der Waals surface area contributed by atoms with Gasteiger partial charge in [-0.05, 0) is 81.3 Å². The molecule has 1 unspecified atom stereocenters. The van der Waals surface area contributed by atoms with Crippen LogP contribution in [0, 0.1) is 0 Å². The maximum absolute atomic E-state index is 15.1. The van der Waals surface area contributed by atoms with Crippen molar-refractivity contribution in [2.24, 2.45) is 4.99 Å². The van der Waals surface area contributed by atoms with Crippen LogP contribution in [0.1, 0.15) is 70.3 Å². The van der Waals surface area contributed by atoms with Gasteiger partial charge in [0, 0.05) is 70.1 Å². The molecule has 2 aromatic carbocycles. The third-order valence-electron chi connectivity index (χ3n) is 9.64. The van der Waals surface area contributed by atoms with Gasteiger partial charge in [-0.3, -0.25) is 19.0 Å². The Labute approximate surface area is 297 Å². The number of halogens is 2. The maximum atomic E-state index is 15.1. The number of piperazine rings is 1. The van der Waals surface area contributed by atoms with Crippen molar-refractivity contribution in [3.05, 3.63) is 93.1 Å². The number of amidine groups is 1. The summed E-state index contributed by atoms with van der Waals surface area (Å²) in [5.41, 5.74) is 1.19. The second-order valence-electron chi connectivity index (χ2n) is 13.9. The van der Waals surface area contributed by atoms with Crippen LogP contribution >= 0.6 is 23.2 Å². The van der Waals surface area contributed by atoms with Crippen molar-refractivity contribution in [1.29, 1.82) is 0 Å². The van der Waals surface area contributed by atoms with Crippen LogP contribution in [0.4, 0.5) is 4.79 Å². The van der Waals surface area contributed by atoms with E-state index in [1.165, 1.54) is 0 Å². The van der Waals surface area contributed by atoms with Crippen molar-refractivity contribution in [3.63, 3.8) is 0 Å². The van der Waals surface area contributed by atoms with Gasteiger partial charge in [0.1, 0.15) is 16.9 Å². The number of hydrogen-bond donors (Lipinski definition) is 0. The van der Waals surface area contributed by atoms with Crippen molar-refractivity contribution in [2.75, 3.05) is 51.3 Å². The number of hydrogen-bond acceptors (Lipinski definition) is 6. The summed E-state index contributed by atoms with van der Waals surface area (Å²) in [6, 6.07) is 19.2. The fourth-order valence-electron chi connectivity index (χ4n) is 6.64. The van der Waals surface area contributed by atoms with Gasteiger partial charge in [-0.2, -0.15) is 0 Å². The highest BCUT2D eigenvalue weighted by Crippen LogP contribution is 2.54. The van der Waals surface area contributed by atoms with E-state index in [9.17, 15) is 4.21 Å². The number of benzene rings is 2. The Kier molecular flexibility index (Phi) is 10.9. The SMILES string of the molecule is CCOc1nc(C(C)(C)C)ccc1C1=N[C@@](C)(c2ccc(Cl)cc2)[C@@](C)(c2ccc(Cl)cc2)N1C(=O)N1CCN(CCCS(C)=O)CC1. The Morgan fingerprint density at radius 2 is 1.50 bits per heavy atom. The largest absolute Gasteiger partial charge is 0.477 e. The number of carbonyl (C=O) groups excluding carboxylic acids is 1. The highest BCUT2D eigenvalue weighted by molar-refractivity contribution is 7.84. The van der Waals surface area contributed by atoms with Crippen LogP contribution in [0.3, 0.4) is 0 Å². The second-order valence-corrected chi connectivity index (χ2v) is 16.3. The highest BCUT2D eigenvalue weighted by Gasteiger charge is 2.60. The van der Waals surface area contributed by atoms with Crippen molar-refractivity contribution < 1.29 is 13.7 Å². The minimum Gasteiger partial charge on any atom is -0.477 e. The molecule has 0 bridgehead atoms. The van der Waals surface area contributed by atoms with Crippen LogP contribution in [0.5, 0.6) is 5.88 Å². The molecule has 1 saturated heterocycles. The lowest BCUT2D eigenvalue weighted by molar-refractivity contribution is 0.0868. The van der Waals surface area contributed by atoms with Crippen molar-refractivity contribution in [2.45, 2.75) is 64.5 Å². The Balaban J connectivity index is 1.67. The topological polar surface area (TPSA) is 78.3 Å². The first-order chi connectivity index (χ1) is 22.7. The number of rotatable bonds is 9. The maximum Gasteiger partial charge on any atom is 0.326 e. The predicted octanol–water partition coefficient (Wildman–Crippen LogP) is 7.48. The molecule has 2 aliphatic heterocycles. The average Bonchev–Trinajstić information content (AvgIpc) is 3.29. The zero-order chi connectivity index (χ0) is 34.9. The smallest absolute Gasteiger partial charge is 0.326 e. The monoisotopic (exact) mass is 711 g/mol. The molecular weight excluding hydrogens is 665 g/mol. The molecule has 1 fully saturated rings. The number of aliphatic imine (C=N–C) groups is 1. The third kappa shape index (κ3) is 7.16. The normalized spacial score (nSPS) is 22.5. The Hall–Kier alpha value is -2.98. The molecule has 48 heavy (non-hydrogen) atoms. The molecule has 0 aliphatic carbocycles. The van der Waals surface area contributed by atoms with Crippen molar-refractivity contribution in [3.8, 4) is 5.88 Å². The Morgan fingerprint density at radius 1 is 0.917 bits per heavy atom. The number of aromatic nitrogens is 1. The molecule has 258 valence electrons. The molecule has 0 spiro atoms. The Bertz CT molecular complexity index is 1670. The lowest BCUT2D eigenvalue weighted by atomic mass is 9.71.